The fourth-order valence-electron chi connectivity index (χ4n) is 2.47. The topological polar surface area (TPSA) is 54.5 Å². The average Bonchev–Trinajstić information content (AvgIpc) is 2.82. The summed E-state index contributed by atoms with van der Waals surface area (Å²) in [6.45, 7) is 2.62. The van der Waals surface area contributed by atoms with Gasteiger partial charge in [0.1, 0.15) is 5.82 Å². The molecule has 0 bridgehead atoms. The molecule has 0 saturated carbocycles. The van der Waals surface area contributed by atoms with E-state index in [1.54, 1.807) is 18.3 Å². The van der Waals surface area contributed by atoms with Crippen LogP contribution in [0.3, 0.4) is 0 Å². The fraction of sp³-hybridized carbons (Fsp3) is 0.200. The van der Waals surface area contributed by atoms with Gasteiger partial charge >= 0.3 is 0 Å². The van der Waals surface area contributed by atoms with E-state index in [1.165, 1.54) is 12.1 Å². The number of nitrogens with two attached hydrogens (primary N) is 1. The van der Waals surface area contributed by atoms with Crippen LogP contribution < -0.4 is 10.6 Å². The molecule has 2 aromatic rings. The Balaban J connectivity index is 2.01. The van der Waals surface area contributed by atoms with E-state index in [9.17, 15) is 4.39 Å². The van der Waals surface area contributed by atoms with Crippen molar-refractivity contribution >= 4 is 11.6 Å². The lowest BCUT2D eigenvalue weighted by Gasteiger charge is -2.27. The van der Waals surface area contributed by atoms with Crippen LogP contribution in [0.5, 0.6) is 0 Å². The van der Waals surface area contributed by atoms with Crippen molar-refractivity contribution in [2.24, 2.45) is 10.7 Å². The highest BCUT2D eigenvalue weighted by Gasteiger charge is 2.29. The number of hydrogen-bond acceptors (Lipinski definition) is 4. The van der Waals surface area contributed by atoms with Gasteiger partial charge in [0.2, 0.25) is 0 Å². The van der Waals surface area contributed by atoms with Crippen LogP contribution in [0, 0.1) is 12.7 Å². The van der Waals surface area contributed by atoms with Crippen LogP contribution >= 0.6 is 0 Å². The predicted molar refractivity (Wildman–Crippen MR) is 77.1 cm³/mol. The summed E-state index contributed by atoms with van der Waals surface area (Å²) in [7, 11) is 0. The van der Waals surface area contributed by atoms with E-state index in [-0.39, 0.29) is 11.9 Å². The van der Waals surface area contributed by atoms with Gasteiger partial charge in [-0.1, -0.05) is 0 Å². The van der Waals surface area contributed by atoms with Crippen LogP contribution in [-0.2, 0) is 0 Å². The number of aliphatic imine (C=N–C) groups is 1. The van der Waals surface area contributed by atoms with Gasteiger partial charge in [-0.2, -0.15) is 0 Å². The molecule has 4 nitrogen and oxygen atoms in total. The maximum Gasteiger partial charge on any atom is 0.196 e. The summed E-state index contributed by atoms with van der Waals surface area (Å²) in [6, 6.07) is 8.24. The van der Waals surface area contributed by atoms with Crippen molar-refractivity contribution in [1.82, 2.24) is 4.98 Å². The van der Waals surface area contributed by atoms with E-state index in [1.807, 2.05) is 24.1 Å². The lowest BCUT2D eigenvalue weighted by atomic mass is 10.0. The summed E-state index contributed by atoms with van der Waals surface area (Å²) in [6.07, 6.45) is 3.60. The third-order valence-electron chi connectivity index (χ3n) is 3.53. The number of benzene rings is 1. The zero-order chi connectivity index (χ0) is 14.1. The van der Waals surface area contributed by atoms with Crippen molar-refractivity contribution in [2.45, 2.75) is 13.0 Å². The summed E-state index contributed by atoms with van der Waals surface area (Å²) in [4.78, 5) is 10.4. The number of nitrogens with zero attached hydrogens (tertiary/aromatic N) is 3. The molecule has 0 aliphatic carbocycles. The maximum absolute atomic E-state index is 13.1. The van der Waals surface area contributed by atoms with Crippen LogP contribution in [-0.4, -0.2) is 17.5 Å². The lowest BCUT2D eigenvalue weighted by Crippen LogP contribution is -2.36. The Kier molecular flexibility index (Phi) is 3.10. The normalized spacial score (nSPS) is 18.2. The molecule has 0 saturated heterocycles. The van der Waals surface area contributed by atoms with Gasteiger partial charge in [-0.3, -0.25) is 9.98 Å². The minimum absolute atomic E-state index is 0.00848. The summed E-state index contributed by atoms with van der Waals surface area (Å²) >= 11 is 0. The molecular formula is C15H15FN4. The number of hydrogen-bond donors (Lipinski definition) is 1. The maximum atomic E-state index is 13.1. The van der Waals surface area contributed by atoms with Gasteiger partial charge < -0.3 is 10.6 Å². The largest absolute Gasteiger partial charge is 0.369 e. The quantitative estimate of drug-likeness (QED) is 0.911. The molecule has 5 heteroatoms. The second kappa shape index (κ2) is 4.92. The predicted octanol–water partition coefficient (Wildman–Crippen LogP) is 2.41. The van der Waals surface area contributed by atoms with Crippen LogP contribution in [0.4, 0.5) is 10.1 Å². The highest BCUT2D eigenvalue weighted by molar-refractivity contribution is 5.97. The Labute approximate surface area is 116 Å². The van der Waals surface area contributed by atoms with Gasteiger partial charge in [0.05, 0.1) is 12.6 Å². The zero-order valence-electron chi connectivity index (χ0n) is 11.1. The molecule has 1 aliphatic heterocycles. The first kappa shape index (κ1) is 12.6. The minimum atomic E-state index is -0.266. The molecule has 3 rings (SSSR count). The van der Waals surface area contributed by atoms with Crippen LogP contribution in [0.1, 0.15) is 17.2 Å². The second-order valence-corrected chi connectivity index (χ2v) is 4.79. The molecule has 0 spiro atoms. The second-order valence-electron chi connectivity index (χ2n) is 4.79. The average molecular weight is 270 g/mol. The number of aryl methyl sites for hydroxylation is 1. The van der Waals surface area contributed by atoms with E-state index in [0.29, 0.717) is 12.5 Å². The van der Waals surface area contributed by atoms with Gasteiger partial charge in [-0.05, 0) is 48.4 Å². The van der Waals surface area contributed by atoms with Crippen LogP contribution in [0.2, 0.25) is 0 Å². The molecule has 0 radical (unpaired) electrons. The first-order valence-corrected chi connectivity index (χ1v) is 6.42. The molecule has 1 atom stereocenters. The molecule has 2 N–H and O–H groups in total. The molecule has 0 fully saturated rings. The van der Waals surface area contributed by atoms with Gasteiger partial charge in [-0.15, -0.1) is 0 Å². The van der Waals surface area contributed by atoms with Crippen molar-refractivity contribution in [3.05, 3.63) is 59.7 Å². The molecule has 1 aliphatic rings. The number of guanidine groups is 1. The molecule has 1 aromatic carbocycles. The molecule has 102 valence electrons. The first-order valence-electron chi connectivity index (χ1n) is 6.42. The van der Waals surface area contributed by atoms with Gasteiger partial charge in [0.15, 0.2) is 5.96 Å². The van der Waals surface area contributed by atoms with Crippen molar-refractivity contribution in [3.63, 3.8) is 0 Å². The number of pyridine rings is 1. The first-order chi connectivity index (χ1) is 9.66. The number of rotatable bonds is 2. The lowest BCUT2D eigenvalue weighted by molar-refractivity contribution is 0.627. The Bertz CT molecular complexity index is 651. The van der Waals surface area contributed by atoms with Crippen molar-refractivity contribution < 1.29 is 4.39 Å². The number of aromatic nitrogens is 1. The van der Waals surface area contributed by atoms with Crippen molar-refractivity contribution in [2.75, 3.05) is 11.4 Å². The SMILES string of the molecule is Cc1ccncc1C1CN=C(N)N1c1ccc(F)cc1. The van der Waals surface area contributed by atoms with Gasteiger partial charge in [0, 0.05) is 18.1 Å². The van der Waals surface area contributed by atoms with Gasteiger partial charge in [0.25, 0.3) is 0 Å². The summed E-state index contributed by atoms with van der Waals surface area (Å²) in [5.41, 5.74) is 9.05. The Morgan fingerprint density at radius 1 is 1.25 bits per heavy atom. The molecule has 1 unspecified atom stereocenters. The molecular weight excluding hydrogens is 255 g/mol. The fourth-order valence-corrected chi connectivity index (χ4v) is 2.47. The van der Waals surface area contributed by atoms with E-state index in [2.05, 4.69) is 9.98 Å². The van der Waals surface area contributed by atoms with E-state index >= 15 is 0 Å². The van der Waals surface area contributed by atoms with Crippen LogP contribution in [0.25, 0.3) is 0 Å². The standard InChI is InChI=1S/C15H15FN4/c1-10-6-7-18-8-13(10)14-9-19-15(17)20(14)12-4-2-11(16)3-5-12/h2-8,14H,9H2,1H3,(H2,17,19). The van der Waals surface area contributed by atoms with Crippen molar-refractivity contribution in [1.29, 1.82) is 0 Å². The highest BCUT2D eigenvalue weighted by Crippen LogP contribution is 2.32. The zero-order valence-corrected chi connectivity index (χ0v) is 11.1. The third kappa shape index (κ3) is 2.11. The summed E-state index contributed by atoms with van der Waals surface area (Å²) in [5, 5.41) is 0. The minimum Gasteiger partial charge on any atom is -0.369 e. The molecule has 0 amide bonds. The van der Waals surface area contributed by atoms with Crippen molar-refractivity contribution in [3.8, 4) is 0 Å². The van der Waals surface area contributed by atoms with E-state index in [0.717, 1.165) is 16.8 Å². The smallest absolute Gasteiger partial charge is 0.196 e. The molecule has 1 aromatic heterocycles. The number of anilines is 1. The van der Waals surface area contributed by atoms with E-state index in [4.69, 9.17) is 5.73 Å². The highest BCUT2D eigenvalue weighted by atomic mass is 19.1. The number of halogens is 1. The Hall–Kier alpha value is -2.43. The molecule has 2 heterocycles. The van der Waals surface area contributed by atoms with E-state index < -0.39 is 0 Å². The third-order valence-corrected chi connectivity index (χ3v) is 3.53. The monoisotopic (exact) mass is 270 g/mol. The Morgan fingerprint density at radius 3 is 2.70 bits per heavy atom. The molecule has 20 heavy (non-hydrogen) atoms. The Morgan fingerprint density at radius 2 is 2.00 bits per heavy atom. The van der Waals surface area contributed by atoms with Gasteiger partial charge in [-0.25, -0.2) is 4.39 Å². The summed E-state index contributed by atoms with van der Waals surface area (Å²) < 4.78 is 13.1. The summed E-state index contributed by atoms with van der Waals surface area (Å²) in [5.74, 6) is 0.183. The van der Waals surface area contributed by atoms with Crippen LogP contribution in [0.15, 0.2) is 47.7 Å².